The fourth-order valence-corrected chi connectivity index (χ4v) is 1.50. The number of nitrogens with two attached hydrogens (primary N) is 1. The second kappa shape index (κ2) is 3.90. The Balaban J connectivity index is 2.65. The van der Waals surface area contributed by atoms with Gasteiger partial charge in [0.25, 0.3) is 5.92 Å². The highest BCUT2D eigenvalue weighted by molar-refractivity contribution is 5.88. The van der Waals surface area contributed by atoms with E-state index in [1.807, 2.05) is 0 Å². The first-order valence-electron chi connectivity index (χ1n) is 4.72. The van der Waals surface area contributed by atoms with Gasteiger partial charge < -0.3 is 10.8 Å². The number of carbonyl (C=O) groups is 1. The van der Waals surface area contributed by atoms with Gasteiger partial charge in [0.15, 0.2) is 5.78 Å². The molecule has 0 aliphatic heterocycles. The van der Waals surface area contributed by atoms with Crippen molar-refractivity contribution in [2.24, 2.45) is 11.7 Å². The lowest BCUT2D eigenvalue weighted by Gasteiger charge is -2.36. The number of aliphatic hydroxyl groups excluding tert-OH is 1. The third kappa shape index (κ3) is 1.93. The zero-order valence-electron chi connectivity index (χ0n) is 8.04. The molecule has 0 saturated heterocycles. The SMILES string of the molecule is CC(O)C(=O)C(N)C(F)(F)C1CCC1. The van der Waals surface area contributed by atoms with Crippen molar-refractivity contribution in [3.63, 3.8) is 0 Å². The summed E-state index contributed by atoms with van der Waals surface area (Å²) in [6.07, 6.45) is 0.160. The molecule has 0 aromatic heterocycles. The van der Waals surface area contributed by atoms with E-state index >= 15 is 0 Å². The molecular weight excluding hydrogens is 192 g/mol. The summed E-state index contributed by atoms with van der Waals surface area (Å²) in [5.74, 6) is -4.95. The van der Waals surface area contributed by atoms with Crippen LogP contribution in [0.4, 0.5) is 8.78 Å². The van der Waals surface area contributed by atoms with Crippen LogP contribution in [0.3, 0.4) is 0 Å². The molecule has 0 bridgehead atoms. The number of aliphatic hydroxyl groups is 1. The van der Waals surface area contributed by atoms with Crippen molar-refractivity contribution in [3.8, 4) is 0 Å². The van der Waals surface area contributed by atoms with Gasteiger partial charge in [0.1, 0.15) is 12.1 Å². The summed E-state index contributed by atoms with van der Waals surface area (Å²) < 4.78 is 26.8. The molecule has 1 fully saturated rings. The second-order valence-corrected chi connectivity index (χ2v) is 3.86. The third-order valence-corrected chi connectivity index (χ3v) is 2.78. The molecule has 1 saturated carbocycles. The fourth-order valence-electron chi connectivity index (χ4n) is 1.50. The van der Waals surface area contributed by atoms with E-state index in [1.165, 1.54) is 0 Å². The Bertz CT molecular complexity index is 227. The van der Waals surface area contributed by atoms with Gasteiger partial charge in [-0.05, 0) is 19.8 Å². The predicted octanol–water partition coefficient (Wildman–Crippen LogP) is 0.699. The zero-order chi connectivity index (χ0) is 10.9. The summed E-state index contributed by atoms with van der Waals surface area (Å²) in [6.45, 7) is 1.15. The summed E-state index contributed by atoms with van der Waals surface area (Å²) in [5.41, 5.74) is 5.15. The molecule has 2 unspecified atom stereocenters. The first-order valence-corrected chi connectivity index (χ1v) is 4.72. The largest absolute Gasteiger partial charge is 0.386 e. The Labute approximate surface area is 81.3 Å². The first kappa shape index (κ1) is 11.5. The van der Waals surface area contributed by atoms with E-state index in [1.54, 1.807) is 0 Å². The average Bonchev–Trinajstić information content (AvgIpc) is 1.97. The molecule has 2 atom stereocenters. The highest BCUT2D eigenvalue weighted by Crippen LogP contribution is 2.41. The molecule has 1 aliphatic carbocycles. The maximum atomic E-state index is 13.4. The van der Waals surface area contributed by atoms with Crippen LogP contribution in [0.1, 0.15) is 26.2 Å². The Morgan fingerprint density at radius 3 is 2.36 bits per heavy atom. The van der Waals surface area contributed by atoms with Gasteiger partial charge in [-0.1, -0.05) is 6.42 Å². The van der Waals surface area contributed by atoms with Gasteiger partial charge in [0, 0.05) is 5.92 Å². The number of carbonyl (C=O) groups excluding carboxylic acids is 1. The number of ketones is 1. The van der Waals surface area contributed by atoms with Crippen molar-refractivity contribution in [2.75, 3.05) is 0 Å². The van der Waals surface area contributed by atoms with Crippen LogP contribution in [0.5, 0.6) is 0 Å². The van der Waals surface area contributed by atoms with Crippen LogP contribution in [-0.2, 0) is 4.79 Å². The molecule has 1 rings (SSSR count). The second-order valence-electron chi connectivity index (χ2n) is 3.86. The number of hydrogen-bond acceptors (Lipinski definition) is 3. The number of halogens is 2. The van der Waals surface area contributed by atoms with Gasteiger partial charge in [-0.15, -0.1) is 0 Å². The maximum Gasteiger partial charge on any atom is 0.272 e. The van der Waals surface area contributed by atoms with Crippen molar-refractivity contribution in [3.05, 3.63) is 0 Å². The van der Waals surface area contributed by atoms with Gasteiger partial charge >= 0.3 is 0 Å². The summed E-state index contributed by atoms with van der Waals surface area (Å²) in [4.78, 5) is 11.1. The molecule has 0 amide bonds. The normalized spacial score (nSPS) is 22.6. The molecular formula is C9H15F2NO2. The van der Waals surface area contributed by atoms with E-state index in [2.05, 4.69) is 0 Å². The lowest BCUT2D eigenvalue weighted by Crippen LogP contribution is -2.55. The molecule has 3 N–H and O–H groups in total. The predicted molar refractivity (Wildman–Crippen MR) is 47.0 cm³/mol. The standard InChI is InChI=1S/C9H15F2NO2/c1-5(13)7(14)8(12)9(10,11)6-3-2-4-6/h5-6,8,13H,2-4,12H2,1H3. The van der Waals surface area contributed by atoms with Crippen LogP contribution >= 0.6 is 0 Å². The number of hydrogen-bond donors (Lipinski definition) is 2. The Morgan fingerprint density at radius 1 is 1.57 bits per heavy atom. The van der Waals surface area contributed by atoms with Crippen LogP contribution in [0.25, 0.3) is 0 Å². The molecule has 0 aromatic carbocycles. The van der Waals surface area contributed by atoms with Crippen LogP contribution in [0, 0.1) is 5.92 Å². The van der Waals surface area contributed by atoms with Crippen molar-refractivity contribution < 1.29 is 18.7 Å². The van der Waals surface area contributed by atoms with E-state index in [-0.39, 0.29) is 0 Å². The van der Waals surface area contributed by atoms with Crippen molar-refractivity contribution in [1.29, 1.82) is 0 Å². The van der Waals surface area contributed by atoms with Crippen molar-refractivity contribution in [2.45, 2.75) is 44.3 Å². The van der Waals surface area contributed by atoms with Gasteiger partial charge in [0.2, 0.25) is 0 Å². The summed E-state index contributed by atoms with van der Waals surface area (Å²) in [5, 5.41) is 8.86. The van der Waals surface area contributed by atoms with Crippen LogP contribution in [-0.4, -0.2) is 29.0 Å². The van der Waals surface area contributed by atoms with E-state index in [0.717, 1.165) is 13.3 Å². The molecule has 14 heavy (non-hydrogen) atoms. The molecule has 82 valence electrons. The molecule has 0 spiro atoms. The van der Waals surface area contributed by atoms with E-state index in [4.69, 9.17) is 10.8 Å². The van der Waals surface area contributed by atoms with Crippen LogP contribution in [0.15, 0.2) is 0 Å². The Morgan fingerprint density at radius 2 is 2.07 bits per heavy atom. The average molecular weight is 207 g/mol. The van der Waals surface area contributed by atoms with Gasteiger partial charge in [-0.3, -0.25) is 4.79 Å². The number of Topliss-reactive ketones (excluding diaryl/α,β-unsaturated/α-hetero) is 1. The van der Waals surface area contributed by atoms with E-state index < -0.39 is 29.8 Å². The molecule has 5 heteroatoms. The van der Waals surface area contributed by atoms with Crippen LogP contribution < -0.4 is 5.73 Å². The van der Waals surface area contributed by atoms with Crippen molar-refractivity contribution >= 4 is 5.78 Å². The maximum absolute atomic E-state index is 13.4. The lowest BCUT2D eigenvalue weighted by atomic mass is 9.77. The molecule has 0 aromatic rings. The Kier molecular flexibility index (Phi) is 3.21. The molecule has 3 nitrogen and oxygen atoms in total. The highest BCUT2D eigenvalue weighted by atomic mass is 19.3. The molecule has 1 aliphatic rings. The first-order chi connectivity index (χ1) is 6.37. The topological polar surface area (TPSA) is 63.3 Å². The van der Waals surface area contributed by atoms with Gasteiger partial charge in [-0.2, -0.15) is 0 Å². The van der Waals surface area contributed by atoms with Crippen LogP contribution in [0.2, 0.25) is 0 Å². The quantitative estimate of drug-likeness (QED) is 0.713. The minimum atomic E-state index is -3.17. The minimum Gasteiger partial charge on any atom is -0.386 e. The summed E-state index contributed by atoms with van der Waals surface area (Å²) in [7, 11) is 0. The zero-order valence-corrected chi connectivity index (χ0v) is 8.04. The Hall–Kier alpha value is -0.550. The molecule has 0 radical (unpaired) electrons. The van der Waals surface area contributed by atoms with Gasteiger partial charge in [-0.25, -0.2) is 8.78 Å². The smallest absolute Gasteiger partial charge is 0.272 e. The summed E-state index contributed by atoms with van der Waals surface area (Å²) in [6, 6.07) is -1.87. The fraction of sp³-hybridized carbons (Fsp3) is 0.889. The third-order valence-electron chi connectivity index (χ3n) is 2.78. The number of alkyl halides is 2. The van der Waals surface area contributed by atoms with Crippen molar-refractivity contribution in [1.82, 2.24) is 0 Å². The minimum absolute atomic E-state index is 0.411. The molecule has 0 heterocycles. The monoisotopic (exact) mass is 207 g/mol. The van der Waals surface area contributed by atoms with Gasteiger partial charge in [0.05, 0.1) is 0 Å². The number of rotatable bonds is 4. The summed E-state index contributed by atoms with van der Waals surface area (Å²) >= 11 is 0. The lowest BCUT2D eigenvalue weighted by molar-refractivity contribution is -0.148. The van der Waals surface area contributed by atoms with E-state index in [0.29, 0.717) is 12.8 Å². The van der Waals surface area contributed by atoms with E-state index in [9.17, 15) is 13.6 Å². The highest BCUT2D eigenvalue weighted by Gasteiger charge is 2.50.